The Balaban J connectivity index is 2.15. The second-order valence-corrected chi connectivity index (χ2v) is 5.93. The average Bonchev–Trinajstić information content (AvgIpc) is 2.51. The number of carbonyl (C=O) groups excluding carboxylic acids is 1. The highest BCUT2D eigenvalue weighted by molar-refractivity contribution is 5.95. The molecule has 3 nitrogen and oxygen atoms in total. The van der Waals surface area contributed by atoms with Crippen LogP contribution in [0.2, 0.25) is 0 Å². The van der Waals surface area contributed by atoms with Gasteiger partial charge in [0, 0.05) is 29.9 Å². The molecule has 2 rings (SSSR count). The van der Waals surface area contributed by atoms with Crippen molar-refractivity contribution in [3.63, 3.8) is 0 Å². The molecular formula is C19H26N2O. The normalized spacial score (nSPS) is 19.3. The Hall–Kier alpha value is -2.03. The second-order valence-electron chi connectivity index (χ2n) is 5.93. The van der Waals surface area contributed by atoms with Gasteiger partial charge in [-0.15, -0.1) is 0 Å². The van der Waals surface area contributed by atoms with E-state index in [4.69, 9.17) is 0 Å². The van der Waals surface area contributed by atoms with Crippen LogP contribution in [-0.4, -0.2) is 17.4 Å². The Morgan fingerprint density at radius 2 is 2.00 bits per heavy atom. The zero-order valence-electron chi connectivity index (χ0n) is 14.0. The molecule has 1 aromatic rings. The van der Waals surface area contributed by atoms with Gasteiger partial charge >= 0.3 is 0 Å². The third kappa shape index (κ3) is 3.59. The van der Waals surface area contributed by atoms with Gasteiger partial charge in [-0.05, 0) is 25.8 Å². The van der Waals surface area contributed by atoms with E-state index in [1.807, 2.05) is 44.2 Å². The fourth-order valence-corrected chi connectivity index (χ4v) is 2.88. The zero-order chi connectivity index (χ0) is 16.1. The van der Waals surface area contributed by atoms with Crippen LogP contribution < -0.4 is 5.32 Å². The lowest BCUT2D eigenvalue weighted by Crippen LogP contribution is -2.34. The summed E-state index contributed by atoms with van der Waals surface area (Å²) in [4.78, 5) is 14.9. The summed E-state index contributed by atoms with van der Waals surface area (Å²) in [6.07, 6.45) is 5.26. The molecule has 0 spiro atoms. The van der Waals surface area contributed by atoms with E-state index >= 15 is 0 Å². The number of rotatable bonds is 5. The SMILES string of the molecule is CCCN1C=C[C@H](C)C(C(=O)N[C@@H](C)c2ccccc2)=C1C. The van der Waals surface area contributed by atoms with E-state index in [2.05, 4.69) is 36.3 Å². The number of hydrogen-bond donors (Lipinski definition) is 1. The van der Waals surface area contributed by atoms with Crippen molar-refractivity contribution in [1.29, 1.82) is 0 Å². The van der Waals surface area contributed by atoms with Crippen molar-refractivity contribution in [3.05, 3.63) is 59.4 Å². The van der Waals surface area contributed by atoms with Gasteiger partial charge in [-0.25, -0.2) is 0 Å². The highest BCUT2D eigenvalue weighted by Crippen LogP contribution is 2.26. The van der Waals surface area contributed by atoms with Crippen LogP contribution in [0.25, 0.3) is 0 Å². The summed E-state index contributed by atoms with van der Waals surface area (Å²) in [6, 6.07) is 10.1. The molecule has 1 aliphatic heterocycles. The van der Waals surface area contributed by atoms with Gasteiger partial charge in [-0.3, -0.25) is 4.79 Å². The largest absolute Gasteiger partial charge is 0.352 e. The fraction of sp³-hybridized carbons (Fsp3) is 0.421. The Labute approximate surface area is 133 Å². The highest BCUT2D eigenvalue weighted by atomic mass is 16.1. The van der Waals surface area contributed by atoms with Crippen molar-refractivity contribution in [1.82, 2.24) is 10.2 Å². The molecule has 0 saturated carbocycles. The van der Waals surface area contributed by atoms with Crippen LogP contribution >= 0.6 is 0 Å². The number of allylic oxidation sites excluding steroid dienone is 2. The van der Waals surface area contributed by atoms with E-state index in [-0.39, 0.29) is 17.9 Å². The average molecular weight is 298 g/mol. The molecule has 1 N–H and O–H groups in total. The van der Waals surface area contributed by atoms with Gasteiger partial charge in [0.2, 0.25) is 5.91 Å². The van der Waals surface area contributed by atoms with Crippen molar-refractivity contribution in [2.75, 3.05) is 6.54 Å². The fourth-order valence-electron chi connectivity index (χ4n) is 2.88. The predicted octanol–water partition coefficient (Wildman–Crippen LogP) is 4.01. The first kappa shape index (κ1) is 16.3. The molecule has 22 heavy (non-hydrogen) atoms. The van der Waals surface area contributed by atoms with Gasteiger partial charge < -0.3 is 10.2 Å². The van der Waals surface area contributed by atoms with Crippen LogP contribution in [0.3, 0.4) is 0 Å². The molecule has 0 aliphatic carbocycles. The zero-order valence-corrected chi connectivity index (χ0v) is 14.0. The van der Waals surface area contributed by atoms with Crippen LogP contribution in [0.4, 0.5) is 0 Å². The van der Waals surface area contributed by atoms with Crippen molar-refractivity contribution < 1.29 is 4.79 Å². The molecule has 0 bridgehead atoms. The van der Waals surface area contributed by atoms with Gasteiger partial charge in [0.1, 0.15) is 0 Å². The molecule has 0 fully saturated rings. The quantitative estimate of drug-likeness (QED) is 0.890. The summed E-state index contributed by atoms with van der Waals surface area (Å²) in [5, 5.41) is 3.13. The molecule has 0 radical (unpaired) electrons. The van der Waals surface area contributed by atoms with Crippen molar-refractivity contribution >= 4 is 5.91 Å². The Morgan fingerprint density at radius 1 is 1.32 bits per heavy atom. The number of benzene rings is 1. The predicted molar refractivity (Wildman–Crippen MR) is 91.0 cm³/mol. The summed E-state index contributed by atoms with van der Waals surface area (Å²) in [6.45, 7) is 9.23. The number of nitrogens with zero attached hydrogens (tertiary/aromatic N) is 1. The summed E-state index contributed by atoms with van der Waals surface area (Å²) < 4.78 is 0. The van der Waals surface area contributed by atoms with Gasteiger partial charge in [0.25, 0.3) is 0 Å². The maximum Gasteiger partial charge on any atom is 0.250 e. The lowest BCUT2D eigenvalue weighted by Gasteiger charge is -2.30. The summed E-state index contributed by atoms with van der Waals surface area (Å²) >= 11 is 0. The number of hydrogen-bond acceptors (Lipinski definition) is 2. The van der Waals surface area contributed by atoms with E-state index in [1.54, 1.807) is 0 Å². The summed E-state index contributed by atoms with van der Waals surface area (Å²) in [5.41, 5.74) is 3.06. The molecule has 118 valence electrons. The van der Waals surface area contributed by atoms with Crippen molar-refractivity contribution in [2.45, 2.75) is 40.2 Å². The first-order valence-electron chi connectivity index (χ1n) is 8.06. The minimum Gasteiger partial charge on any atom is -0.352 e. The molecule has 1 aromatic carbocycles. The molecule has 1 amide bonds. The first-order chi connectivity index (χ1) is 10.5. The maximum absolute atomic E-state index is 12.7. The van der Waals surface area contributed by atoms with E-state index in [9.17, 15) is 4.79 Å². The van der Waals surface area contributed by atoms with Crippen LogP contribution in [0.5, 0.6) is 0 Å². The highest BCUT2D eigenvalue weighted by Gasteiger charge is 2.24. The minimum absolute atomic E-state index is 0.00623. The smallest absolute Gasteiger partial charge is 0.250 e. The van der Waals surface area contributed by atoms with E-state index in [0.717, 1.165) is 29.8 Å². The van der Waals surface area contributed by atoms with Crippen LogP contribution in [-0.2, 0) is 4.79 Å². The van der Waals surface area contributed by atoms with Crippen molar-refractivity contribution in [2.24, 2.45) is 5.92 Å². The molecule has 3 heteroatoms. The summed E-state index contributed by atoms with van der Waals surface area (Å²) in [7, 11) is 0. The maximum atomic E-state index is 12.7. The molecule has 2 atom stereocenters. The van der Waals surface area contributed by atoms with Crippen LogP contribution in [0, 0.1) is 5.92 Å². The second kappa shape index (κ2) is 7.30. The third-order valence-electron chi connectivity index (χ3n) is 4.19. The van der Waals surface area contributed by atoms with E-state index in [0.29, 0.717) is 0 Å². The lowest BCUT2D eigenvalue weighted by molar-refractivity contribution is -0.118. The third-order valence-corrected chi connectivity index (χ3v) is 4.19. The van der Waals surface area contributed by atoms with Crippen LogP contribution in [0.15, 0.2) is 53.9 Å². The molecule has 1 aliphatic rings. The van der Waals surface area contributed by atoms with Gasteiger partial charge in [0.15, 0.2) is 0 Å². The molecular weight excluding hydrogens is 272 g/mol. The lowest BCUT2D eigenvalue weighted by atomic mass is 9.94. The Morgan fingerprint density at radius 3 is 2.64 bits per heavy atom. The topological polar surface area (TPSA) is 32.3 Å². The summed E-state index contributed by atoms with van der Waals surface area (Å²) in [5.74, 6) is 0.183. The van der Waals surface area contributed by atoms with Gasteiger partial charge in [-0.2, -0.15) is 0 Å². The molecule has 0 unspecified atom stereocenters. The van der Waals surface area contributed by atoms with Gasteiger partial charge in [0.05, 0.1) is 6.04 Å². The van der Waals surface area contributed by atoms with E-state index in [1.165, 1.54) is 0 Å². The van der Waals surface area contributed by atoms with Gasteiger partial charge in [-0.1, -0.05) is 50.3 Å². The number of amides is 1. The molecule has 0 aromatic heterocycles. The Bertz CT molecular complexity index is 574. The first-order valence-corrected chi connectivity index (χ1v) is 8.06. The van der Waals surface area contributed by atoms with Crippen molar-refractivity contribution in [3.8, 4) is 0 Å². The van der Waals surface area contributed by atoms with E-state index < -0.39 is 0 Å². The molecule has 0 saturated heterocycles. The molecule has 1 heterocycles. The Kier molecular flexibility index (Phi) is 5.42. The number of nitrogens with one attached hydrogen (secondary N) is 1. The minimum atomic E-state index is 0.00623. The number of carbonyl (C=O) groups is 1. The monoisotopic (exact) mass is 298 g/mol. The van der Waals surface area contributed by atoms with Crippen LogP contribution in [0.1, 0.15) is 45.7 Å². The standard InChI is InChI=1S/C19H26N2O/c1-5-12-21-13-11-14(2)18(16(21)4)19(22)20-15(3)17-9-7-6-8-10-17/h6-11,13-15H,5,12H2,1-4H3,(H,20,22)/t14-,15-/m0/s1.